The molecule has 0 N–H and O–H groups in total. The third-order valence-corrected chi connectivity index (χ3v) is 4.80. The molecule has 0 amide bonds. The van der Waals surface area contributed by atoms with Gasteiger partial charge in [0.1, 0.15) is 11.3 Å². The molecule has 0 aliphatic heterocycles. The molecule has 0 saturated carbocycles. The van der Waals surface area contributed by atoms with Gasteiger partial charge < -0.3 is 14.2 Å². The van der Waals surface area contributed by atoms with Crippen molar-refractivity contribution < 1.29 is 23.8 Å². The van der Waals surface area contributed by atoms with E-state index in [9.17, 15) is 9.59 Å². The van der Waals surface area contributed by atoms with Crippen LogP contribution in [0.2, 0.25) is 0 Å². The SMILES string of the molecule is COc1cc(/C=C/C(=O)c2ccc(Br)cc2)ccc1OC(=O)c1ccccc1OC. The van der Waals surface area contributed by atoms with Crippen LogP contribution >= 0.6 is 15.9 Å². The van der Waals surface area contributed by atoms with E-state index in [1.165, 1.54) is 20.3 Å². The van der Waals surface area contributed by atoms with Crippen LogP contribution < -0.4 is 14.2 Å². The maximum Gasteiger partial charge on any atom is 0.347 e. The highest BCUT2D eigenvalue weighted by molar-refractivity contribution is 9.10. The van der Waals surface area contributed by atoms with Gasteiger partial charge in [0.25, 0.3) is 0 Å². The Kier molecular flexibility index (Phi) is 7.03. The summed E-state index contributed by atoms with van der Waals surface area (Å²) in [7, 11) is 2.97. The van der Waals surface area contributed by atoms with Crippen LogP contribution in [0.15, 0.2) is 77.3 Å². The summed E-state index contributed by atoms with van der Waals surface area (Å²) in [6.45, 7) is 0. The largest absolute Gasteiger partial charge is 0.496 e. The number of para-hydroxylation sites is 1. The topological polar surface area (TPSA) is 61.8 Å². The first-order chi connectivity index (χ1) is 14.5. The molecule has 0 aromatic heterocycles. The van der Waals surface area contributed by atoms with Gasteiger partial charge in [-0.15, -0.1) is 0 Å². The first kappa shape index (κ1) is 21.3. The second-order valence-corrected chi connectivity index (χ2v) is 7.12. The maximum absolute atomic E-state index is 12.5. The molecule has 0 bridgehead atoms. The summed E-state index contributed by atoms with van der Waals surface area (Å²) in [4.78, 5) is 24.8. The summed E-state index contributed by atoms with van der Waals surface area (Å²) in [5.74, 6) is 0.390. The van der Waals surface area contributed by atoms with Crippen molar-refractivity contribution in [2.75, 3.05) is 14.2 Å². The van der Waals surface area contributed by atoms with Gasteiger partial charge in [-0.1, -0.05) is 40.2 Å². The third kappa shape index (κ3) is 5.15. The predicted molar refractivity (Wildman–Crippen MR) is 118 cm³/mol. The molecule has 152 valence electrons. The Morgan fingerprint density at radius 2 is 1.53 bits per heavy atom. The van der Waals surface area contributed by atoms with E-state index < -0.39 is 5.97 Å². The highest BCUT2D eigenvalue weighted by Gasteiger charge is 2.16. The van der Waals surface area contributed by atoms with Crippen molar-refractivity contribution in [3.8, 4) is 17.2 Å². The minimum atomic E-state index is -0.556. The summed E-state index contributed by atoms with van der Waals surface area (Å²) in [6.07, 6.45) is 3.16. The van der Waals surface area contributed by atoms with Gasteiger partial charge in [0, 0.05) is 10.0 Å². The number of carbonyl (C=O) groups is 2. The number of hydrogen-bond donors (Lipinski definition) is 0. The molecule has 3 rings (SSSR count). The fourth-order valence-electron chi connectivity index (χ4n) is 2.72. The Balaban J connectivity index is 1.77. The van der Waals surface area contributed by atoms with Gasteiger partial charge in [-0.3, -0.25) is 4.79 Å². The predicted octanol–water partition coefficient (Wildman–Crippen LogP) is 5.58. The quantitative estimate of drug-likeness (QED) is 0.197. The van der Waals surface area contributed by atoms with Crippen molar-refractivity contribution in [2.24, 2.45) is 0 Å². The summed E-state index contributed by atoms with van der Waals surface area (Å²) in [5, 5.41) is 0. The standard InChI is InChI=1S/C24H19BrO5/c1-28-21-6-4-3-5-19(21)24(27)30-22-14-8-16(15-23(22)29-2)7-13-20(26)17-9-11-18(25)12-10-17/h3-15H,1-2H3/b13-7+. The molecule has 5 nitrogen and oxygen atoms in total. The Morgan fingerprint density at radius 3 is 2.23 bits per heavy atom. The fourth-order valence-corrected chi connectivity index (χ4v) is 2.99. The minimum absolute atomic E-state index is 0.117. The molecule has 6 heteroatoms. The molecule has 0 unspecified atom stereocenters. The number of rotatable bonds is 7. The number of ketones is 1. The molecule has 3 aromatic carbocycles. The minimum Gasteiger partial charge on any atom is -0.496 e. The van der Waals surface area contributed by atoms with Crippen LogP contribution in [-0.2, 0) is 0 Å². The van der Waals surface area contributed by atoms with Crippen molar-refractivity contribution in [1.29, 1.82) is 0 Å². The first-order valence-corrected chi connectivity index (χ1v) is 9.82. The number of ether oxygens (including phenoxy) is 3. The normalized spacial score (nSPS) is 10.6. The van der Waals surface area contributed by atoms with Crippen LogP contribution in [0.5, 0.6) is 17.2 Å². The molecule has 0 heterocycles. The average molecular weight is 467 g/mol. The fraction of sp³-hybridized carbons (Fsp3) is 0.0833. The molecule has 0 spiro atoms. The smallest absolute Gasteiger partial charge is 0.347 e. The van der Waals surface area contributed by atoms with E-state index in [-0.39, 0.29) is 11.5 Å². The van der Waals surface area contributed by atoms with Crippen molar-refractivity contribution in [3.63, 3.8) is 0 Å². The van der Waals surface area contributed by atoms with Crippen LogP contribution in [0.1, 0.15) is 26.3 Å². The molecule has 0 aliphatic rings. The van der Waals surface area contributed by atoms with E-state index in [0.29, 0.717) is 22.6 Å². The number of methoxy groups -OCH3 is 2. The van der Waals surface area contributed by atoms with Crippen LogP contribution in [0.4, 0.5) is 0 Å². The number of carbonyl (C=O) groups excluding carboxylic acids is 2. The van der Waals surface area contributed by atoms with Crippen LogP contribution in [0.3, 0.4) is 0 Å². The first-order valence-electron chi connectivity index (χ1n) is 9.03. The lowest BCUT2D eigenvalue weighted by Crippen LogP contribution is -2.10. The van der Waals surface area contributed by atoms with Crippen molar-refractivity contribution in [1.82, 2.24) is 0 Å². The summed E-state index contributed by atoms with van der Waals surface area (Å²) < 4.78 is 16.9. The average Bonchev–Trinajstić information content (AvgIpc) is 2.78. The van der Waals surface area contributed by atoms with Gasteiger partial charge >= 0.3 is 5.97 Å². The summed E-state index contributed by atoms with van der Waals surface area (Å²) in [5.41, 5.74) is 1.63. The number of benzene rings is 3. The van der Waals surface area contributed by atoms with E-state index in [1.54, 1.807) is 60.7 Å². The number of esters is 1. The Bertz CT molecular complexity index is 1090. The lowest BCUT2D eigenvalue weighted by Gasteiger charge is -2.11. The summed E-state index contributed by atoms with van der Waals surface area (Å²) >= 11 is 3.35. The maximum atomic E-state index is 12.5. The highest BCUT2D eigenvalue weighted by atomic mass is 79.9. The van der Waals surface area contributed by atoms with E-state index in [0.717, 1.165) is 10.0 Å². The zero-order chi connectivity index (χ0) is 21.5. The second-order valence-electron chi connectivity index (χ2n) is 6.20. The van der Waals surface area contributed by atoms with E-state index in [2.05, 4.69) is 15.9 Å². The lowest BCUT2D eigenvalue weighted by molar-refractivity contribution is 0.0726. The number of hydrogen-bond acceptors (Lipinski definition) is 5. The van der Waals surface area contributed by atoms with Gasteiger partial charge in [0.15, 0.2) is 17.3 Å². The Labute approximate surface area is 183 Å². The van der Waals surface area contributed by atoms with Gasteiger partial charge in [-0.05, 0) is 60.2 Å². The van der Waals surface area contributed by atoms with Crippen molar-refractivity contribution >= 4 is 33.8 Å². The van der Waals surface area contributed by atoms with Crippen LogP contribution in [0, 0.1) is 0 Å². The zero-order valence-electron chi connectivity index (χ0n) is 16.4. The van der Waals surface area contributed by atoms with Gasteiger partial charge in [0.05, 0.1) is 14.2 Å². The second kappa shape index (κ2) is 9.89. The molecular formula is C24H19BrO5. The summed E-state index contributed by atoms with van der Waals surface area (Å²) in [6, 6.07) is 19.0. The number of halogens is 1. The molecule has 30 heavy (non-hydrogen) atoms. The Morgan fingerprint density at radius 1 is 0.833 bits per heavy atom. The highest BCUT2D eigenvalue weighted by Crippen LogP contribution is 2.30. The van der Waals surface area contributed by atoms with E-state index in [1.807, 2.05) is 12.1 Å². The monoisotopic (exact) mass is 466 g/mol. The van der Waals surface area contributed by atoms with Gasteiger partial charge in [0.2, 0.25) is 0 Å². The molecule has 0 fully saturated rings. The van der Waals surface area contributed by atoms with E-state index in [4.69, 9.17) is 14.2 Å². The number of allylic oxidation sites excluding steroid dienone is 1. The zero-order valence-corrected chi connectivity index (χ0v) is 18.0. The van der Waals surface area contributed by atoms with Crippen molar-refractivity contribution in [3.05, 3.63) is 94.0 Å². The molecule has 3 aromatic rings. The van der Waals surface area contributed by atoms with E-state index >= 15 is 0 Å². The molecule has 0 saturated heterocycles. The molecule has 0 radical (unpaired) electrons. The lowest BCUT2D eigenvalue weighted by atomic mass is 10.1. The van der Waals surface area contributed by atoms with Gasteiger partial charge in [-0.25, -0.2) is 4.79 Å². The van der Waals surface area contributed by atoms with Gasteiger partial charge in [-0.2, -0.15) is 0 Å². The Hall–Kier alpha value is -3.38. The third-order valence-electron chi connectivity index (χ3n) is 4.27. The van der Waals surface area contributed by atoms with Crippen LogP contribution in [-0.4, -0.2) is 26.0 Å². The van der Waals surface area contributed by atoms with Crippen molar-refractivity contribution in [2.45, 2.75) is 0 Å². The van der Waals surface area contributed by atoms with Crippen LogP contribution in [0.25, 0.3) is 6.08 Å². The molecule has 0 aliphatic carbocycles. The molecular weight excluding hydrogens is 448 g/mol. The molecule has 0 atom stereocenters.